The fraction of sp³-hybridized carbons (Fsp3) is 0.0769. The van der Waals surface area contributed by atoms with E-state index in [0.29, 0.717) is 38.5 Å². The number of methoxy groups -OCH3 is 1. The molecule has 0 aliphatic heterocycles. The molecule has 0 N–H and O–H groups in total. The van der Waals surface area contributed by atoms with Gasteiger partial charge in [-0.2, -0.15) is 0 Å². The Hall–Kier alpha value is -3.95. The topological polar surface area (TPSA) is 91.4 Å². The van der Waals surface area contributed by atoms with Crippen molar-refractivity contribution >= 4 is 32.3 Å². The molecule has 0 fully saturated rings. The summed E-state index contributed by atoms with van der Waals surface area (Å²) in [4.78, 5) is 13.1. The Bertz CT molecular complexity index is 1770. The van der Waals surface area contributed by atoms with E-state index in [4.69, 9.17) is 20.9 Å². The van der Waals surface area contributed by atoms with E-state index in [1.807, 2.05) is 0 Å². The lowest BCUT2D eigenvalue weighted by atomic mass is 10.0. The first kappa shape index (κ1) is 23.8. The second-order valence-electron chi connectivity index (χ2n) is 7.99. The van der Waals surface area contributed by atoms with Gasteiger partial charge in [0.05, 0.1) is 33.9 Å². The summed E-state index contributed by atoms with van der Waals surface area (Å²) in [6.07, 6.45) is 1.31. The number of halogens is 2. The van der Waals surface area contributed by atoms with Crippen LogP contribution < -0.4 is 10.3 Å². The van der Waals surface area contributed by atoms with Gasteiger partial charge in [0.15, 0.2) is 9.84 Å². The van der Waals surface area contributed by atoms with E-state index < -0.39 is 15.7 Å². The average molecular weight is 525 g/mol. The Morgan fingerprint density at radius 2 is 1.89 bits per heavy atom. The molecule has 36 heavy (non-hydrogen) atoms. The molecule has 0 bridgehead atoms. The van der Waals surface area contributed by atoms with Crippen LogP contribution in [-0.4, -0.2) is 25.3 Å². The third-order valence-corrected chi connectivity index (χ3v) is 7.66. The van der Waals surface area contributed by atoms with Gasteiger partial charge in [-0.3, -0.25) is 9.36 Å². The molecule has 0 atom stereocenters. The third-order valence-electron chi connectivity index (χ3n) is 5.70. The molecule has 182 valence electrons. The summed E-state index contributed by atoms with van der Waals surface area (Å²) >= 11 is 6.47. The lowest BCUT2D eigenvalue weighted by molar-refractivity contribution is 0.413. The Morgan fingerprint density at radius 1 is 1.06 bits per heavy atom. The number of aromatic nitrogens is 2. The number of benzene rings is 3. The third kappa shape index (κ3) is 4.38. The van der Waals surface area contributed by atoms with E-state index in [1.165, 1.54) is 54.3 Å². The zero-order valence-corrected chi connectivity index (χ0v) is 20.4. The summed E-state index contributed by atoms with van der Waals surface area (Å²) in [6.45, 7) is 0. The predicted molar refractivity (Wildman–Crippen MR) is 134 cm³/mol. The van der Waals surface area contributed by atoms with Crippen molar-refractivity contribution in [3.05, 3.63) is 106 Å². The van der Waals surface area contributed by atoms with Gasteiger partial charge in [0.1, 0.15) is 23.6 Å². The highest BCUT2D eigenvalue weighted by Crippen LogP contribution is 2.37. The molecular weight excluding hydrogens is 507 g/mol. The highest BCUT2D eigenvalue weighted by molar-refractivity contribution is 7.90. The quantitative estimate of drug-likeness (QED) is 0.294. The van der Waals surface area contributed by atoms with E-state index in [0.717, 1.165) is 0 Å². The van der Waals surface area contributed by atoms with Crippen molar-refractivity contribution in [3.63, 3.8) is 0 Å². The lowest BCUT2D eigenvalue weighted by Crippen LogP contribution is -2.18. The number of hydrogen-bond acceptors (Lipinski definition) is 6. The molecule has 3 aromatic carbocycles. The molecule has 0 saturated heterocycles. The van der Waals surface area contributed by atoms with E-state index in [1.54, 1.807) is 36.4 Å². The fourth-order valence-corrected chi connectivity index (χ4v) is 5.56. The summed E-state index contributed by atoms with van der Waals surface area (Å²) in [5, 5.41) is 4.50. The molecule has 0 unspecified atom stereocenters. The number of hydrogen-bond donors (Lipinski definition) is 0. The maximum absolute atomic E-state index is 13.9. The second kappa shape index (κ2) is 9.25. The van der Waals surface area contributed by atoms with Crippen LogP contribution in [-0.2, 0) is 15.6 Å². The Balaban J connectivity index is 1.69. The lowest BCUT2D eigenvalue weighted by Gasteiger charge is -2.17. The molecule has 0 aliphatic rings. The van der Waals surface area contributed by atoms with Gasteiger partial charge in [0.25, 0.3) is 5.56 Å². The summed E-state index contributed by atoms with van der Waals surface area (Å²) in [5.74, 6) is -0.434. The Labute approximate surface area is 210 Å². The molecule has 0 aliphatic carbocycles. The van der Waals surface area contributed by atoms with Crippen molar-refractivity contribution in [1.29, 1.82) is 0 Å². The van der Waals surface area contributed by atoms with Crippen LogP contribution in [0.1, 0.15) is 5.69 Å². The first-order valence-electron chi connectivity index (χ1n) is 10.7. The maximum atomic E-state index is 13.9. The van der Waals surface area contributed by atoms with Gasteiger partial charge in [-0.25, -0.2) is 12.8 Å². The minimum Gasteiger partial charge on any atom is -0.495 e. The van der Waals surface area contributed by atoms with Crippen LogP contribution in [0.5, 0.6) is 5.75 Å². The van der Waals surface area contributed by atoms with Crippen LogP contribution in [0.2, 0.25) is 5.02 Å². The zero-order valence-electron chi connectivity index (χ0n) is 18.8. The van der Waals surface area contributed by atoms with E-state index in [9.17, 15) is 17.6 Å². The molecule has 2 aromatic heterocycles. The highest BCUT2D eigenvalue weighted by Gasteiger charge is 2.20. The molecule has 5 rings (SSSR count). The SMILES string of the molecule is COc1cc(Cl)c(-c2cccc(F)c2)cc1-n1c(=O)ccc2cc(S(=O)(=O)Cc3ccon3)ccc21. The van der Waals surface area contributed by atoms with E-state index in [2.05, 4.69) is 5.16 Å². The maximum Gasteiger partial charge on any atom is 0.255 e. The van der Waals surface area contributed by atoms with Gasteiger partial charge in [0.2, 0.25) is 0 Å². The van der Waals surface area contributed by atoms with E-state index >= 15 is 0 Å². The predicted octanol–water partition coefficient (Wildman–Crippen LogP) is 5.42. The largest absolute Gasteiger partial charge is 0.495 e. The zero-order chi connectivity index (χ0) is 25.4. The minimum absolute atomic E-state index is 0.0757. The molecule has 0 radical (unpaired) electrons. The molecule has 0 amide bonds. The van der Waals surface area contributed by atoms with Gasteiger partial charge in [-0.05, 0) is 48.0 Å². The van der Waals surface area contributed by atoms with Gasteiger partial charge in [-0.1, -0.05) is 28.9 Å². The molecule has 0 spiro atoms. The Kier molecular flexibility index (Phi) is 6.11. The van der Waals surface area contributed by atoms with Crippen molar-refractivity contribution in [2.45, 2.75) is 10.6 Å². The fourth-order valence-electron chi connectivity index (χ4n) is 4.02. The standard InChI is InChI=1S/C26H18ClFN2O5S/c1-34-25-14-22(27)21(16-3-2-4-18(28)11-16)13-24(25)30-23-7-6-20(12-17(23)5-8-26(30)31)36(32,33)15-19-9-10-35-29-19/h2-14H,15H2,1H3. The molecule has 10 heteroatoms. The van der Waals surface area contributed by atoms with Crippen LogP contribution in [0, 0.1) is 5.82 Å². The van der Waals surface area contributed by atoms with Gasteiger partial charge in [0, 0.05) is 29.1 Å². The van der Waals surface area contributed by atoms with Crippen molar-refractivity contribution in [1.82, 2.24) is 9.72 Å². The molecule has 0 saturated carbocycles. The summed E-state index contributed by atoms with van der Waals surface area (Å²) in [6, 6.07) is 18.0. The highest BCUT2D eigenvalue weighted by atomic mass is 35.5. The minimum atomic E-state index is -3.72. The summed E-state index contributed by atoms with van der Waals surface area (Å²) in [5.41, 5.74) is 1.77. The summed E-state index contributed by atoms with van der Waals surface area (Å²) < 4.78 is 51.4. The van der Waals surface area contributed by atoms with Crippen LogP contribution in [0.4, 0.5) is 4.39 Å². The normalized spacial score (nSPS) is 11.6. The average Bonchev–Trinajstić information content (AvgIpc) is 3.36. The number of rotatable bonds is 6. The van der Waals surface area contributed by atoms with E-state index in [-0.39, 0.29) is 21.9 Å². The van der Waals surface area contributed by atoms with Crippen molar-refractivity contribution in [2.24, 2.45) is 0 Å². The number of sulfone groups is 1. The van der Waals surface area contributed by atoms with Gasteiger partial charge in [-0.15, -0.1) is 0 Å². The molecule has 5 aromatic rings. The van der Waals surface area contributed by atoms with Crippen molar-refractivity contribution in [2.75, 3.05) is 7.11 Å². The second-order valence-corrected chi connectivity index (χ2v) is 10.4. The van der Waals surface area contributed by atoms with Crippen LogP contribution >= 0.6 is 11.6 Å². The van der Waals surface area contributed by atoms with Gasteiger partial charge < -0.3 is 9.26 Å². The van der Waals surface area contributed by atoms with Crippen molar-refractivity contribution in [3.8, 4) is 22.6 Å². The van der Waals surface area contributed by atoms with Gasteiger partial charge >= 0.3 is 0 Å². The number of pyridine rings is 1. The number of fused-ring (bicyclic) bond motifs is 1. The molecule has 2 heterocycles. The summed E-state index contributed by atoms with van der Waals surface area (Å²) in [7, 11) is -2.27. The monoisotopic (exact) mass is 524 g/mol. The molecular formula is C26H18ClFN2O5S. The van der Waals surface area contributed by atoms with Crippen LogP contribution in [0.15, 0.2) is 93.3 Å². The van der Waals surface area contributed by atoms with Crippen LogP contribution in [0.3, 0.4) is 0 Å². The van der Waals surface area contributed by atoms with Crippen LogP contribution in [0.25, 0.3) is 27.7 Å². The number of ether oxygens (including phenoxy) is 1. The first-order valence-corrected chi connectivity index (χ1v) is 12.7. The smallest absolute Gasteiger partial charge is 0.255 e. The first-order chi connectivity index (χ1) is 17.3. The Morgan fingerprint density at radius 3 is 2.61 bits per heavy atom. The molecule has 7 nitrogen and oxygen atoms in total. The van der Waals surface area contributed by atoms with Crippen molar-refractivity contribution < 1.29 is 22.1 Å². The number of nitrogens with zero attached hydrogens (tertiary/aromatic N) is 2.